The Bertz CT molecular complexity index is 864. The minimum Gasteiger partial charge on any atom is -0.276 e. The molecule has 0 aliphatic heterocycles. The second kappa shape index (κ2) is 6.70. The molecule has 6 heteroatoms. The summed E-state index contributed by atoms with van der Waals surface area (Å²) in [5, 5.41) is 2.94. The van der Waals surface area contributed by atoms with Gasteiger partial charge in [0.25, 0.3) is 0 Å². The zero-order valence-corrected chi connectivity index (χ0v) is 15.4. The third kappa shape index (κ3) is 2.90. The van der Waals surface area contributed by atoms with Crippen LogP contribution in [-0.4, -0.2) is 24.1 Å². The highest BCUT2D eigenvalue weighted by Crippen LogP contribution is 2.40. The van der Waals surface area contributed by atoms with E-state index in [1.165, 1.54) is 33.6 Å². The molecule has 1 aliphatic carbocycles. The van der Waals surface area contributed by atoms with Crippen molar-refractivity contribution in [1.82, 2.24) is 9.97 Å². The van der Waals surface area contributed by atoms with E-state index in [-0.39, 0.29) is 0 Å². The van der Waals surface area contributed by atoms with E-state index in [1.807, 2.05) is 24.5 Å². The monoisotopic (exact) mass is 357 g/mol. The van der Waals surface area contributed by atoms with Gasteiger partial charge < -0.3 is 0 Å². The Labute approximate surface area is 149 Å². The number of hydroxylamine groups is 1. The lowest BCUT2D eigenvalue weighted by Gasteiger charge is -2.17. The maximum atomic E-state index is 5.43. The molecule has 0 saturated heterocycles. The molecule has 0 atom stereocenters. The molecule has 2 heterocycles. The van der Waals surface area contributed by atoms with Crippen molar-refractivity contribution in [2.24, 2.45) is 0 Å². The molecule has 24 heavy (non-hydrogen) atoms. The summed E-state index contributed by atoms with van der Waals surface area (Å²) in [7, 11) is 3.59. The smallest absolute Gasteiger partial charge is 0.164 e. The van der Waals surface area contributed by atoms with Gasteiger partial charge in [-0.15, -0.1) is 23.1 Å². The van der Waals surface area contributed by atoms with Gasteiger partial charge in [0.15, 0.2) is 5.82 Å². The average Bonchev–Trinajstić information content (AvgIpc) is 3.20. The fourth-order valence-corrected chi connectivity index (χ4v) is 5.11. The lowest BCUT2D eigenvalue weighted by molar-refractivity contribution is 0.183. The predicted molar refractivity (Wildman–Crippen MR) is 101 cm³/mol. The summed E-state index contributed by atoms with van der Waals surface area (Å²) in [5.41, 5.74) is 1.43. The molecule has 1 aromatic carbocycles. The quantitative estimate of drug-likeness (QED) is 0.497. The van der Waals surface area contributed by atoms with Crippen molar-refractivity contribution < 1.29 is 4.84 Å². The minimum atomic E-state index is 0.757. The number of hydrogen-bond acceptors (Lipinski definition) is 6. The summed E-state index contributed by atoms with van der Waals surface area (Å²) in [6, 6.07) is 10.4. The number of hydrogen-bond donors (Lipinski definition) is 0. The normalized spacial score (nSPS) is 13.4. The SMILES string of the molecule is CON(C)c1nc(CSc2ccccc2)nc2sc3c(c12)CCC3. The van der Waals surface area contributed by atoms with Gasteiger partial charge in [-0.25, -0.2) is 15.0 Å². The van der Waals surface area contributed by atoms with E-state index in [4.69, 9.17) is 14.8 Å². The number of aromatic nitrogens is 2. The van der Waals surface area contributed by atoms with E-state index in [0.29, 0.717) is 0 Å². The van der Waals surface area contributed by atoms with Crippen LogP contribution in [0.4, 0.5) is 5.82 Å². The van der Waals surface area contributed by atoms with Gasteiger partial charge in [0.05, 0.1) is 18.2 Å². The van der Waals surface area contributed by atoms with Crippen molar-refractivity contribution in [3.8, 4) is 0 Å². The lowest BCUT2D eigenvalue weighted by Crippen LogP contribution is -2.17. The molecular weight excluding hydrogens is 338 g/mol. The van der Waals surface area contributed by atoms with Crippen LogP contribution in [0.3, 0.4) is 0 Å². The van der Waals surface area contributed by atoms with Gasteiger partial charge in [-0.1, -0.05) is 18.2 Å². The number of benzene rings is 1. The molecule has 4 rings (SSSR count). The average molecular weight is 358 g/mol. The second-order valence-corrected chi connectivity index (χ2v) is 7.92. The molecular formula is C18H19N3OS2. The van der Waals surface area contributed by atoms with Crippen LogP contribution in [0.1, 0.15) is 22.7 Å². The number of thioether (sulfide) groups is 1. The first-order valence-electron chi connectivity index (χ1n) is 8.03. The molecule has 0 spiro atoms. The van der Waals surface area contributed by atoms with Crippen molar-refractivity contribution in [3.05, 3.63) is 46.6 Å². The lowest BCUT2D eigenvalue weighted by atomic mass is 10.2. The zero-order valence-electron chi connectivity index (χ0n) is 13.8. The molecule has 1 aliphatic rings. The number of rotatable bonds is 5. The molecule has 0 bridgehead atoms. The number of nitrogens with zero attached hydrogens (tertiary/aromatic N) is 3. The van der Waals surface area contributed by atoms with Crippen LogP contribution in [0, 0.1) is 0 Å². The maximum Gasteiger partial charge on any atom is 0.164 e. The minimum absolute atomic E-state index is 0.757. The van der Waals surface area contributed by atoms with Crippen LogP contribution < -0.4 is 5.06 Å². The van der Waals surface area contributed by atoms with Crippen molar-refractivity contribution in [1.29, 1.82) is 0 Å². The topological polar surface area (TPSA) is 38.2 Å². The van der Waals surface area contributed by atoms with E-state index in [0.717, 1.165) is 28.6 Å². The van der Waals surface area contributed by atoms with E-state index in [2.05, 4.69) is 24.3 Å². The number of aryl methyl sites for hydroxylation is 2. The Morgan fingerprint density at radius 1 is 1.21 bits per heavy atom. The van der Waals surface area contributed by atoms with Crippen molar-refractivity contribution in [2.45, 2.75) is 29.9 Å². The van der Waals surface area contributed by atoms with Gasteiger partial charge >= 0.3 is 0 Å². The first-order chi connectivity index (χ1) is 11.8. The summed E-state index contributed by atoms with van der Waals surface area (Å²) >= 11 is 3.58. The molecule has 0 unspecified atom stereocenters. The molecule has 3 aromatic rings. The Kier molecular flexibility index (Phi) is 4.43. The Morgan fingerprint density at radius 2 is 2.04 bits per heavy atom. The van der Waals surface area contributed by atoms with Gasteiger partial charge in [0, 0.05) is 16.8 Å². The Hall–Kier alpha value is -1.63. The molecule has 0 fully saturated rings. The highest BCUT2D eigenvalue weighted by atomic mass is 32.2. The van der Waals surface area contributed by atoms with Crippen LogP contribution in [0.15, 0.2) is 35.2 Å². The maximum absolute atomic E-state index is 5.43. The van der Waals surface area contributed by atoms with Crippen LogP contribution in [0.5, 0.6) is 0 Å². The van der Waals surface area contributed by atoms with Gasteiger partial charge in [0.1, 0.15) is 10.7 Å². The number of thiophene rings is 1. The van der Waals surface area contributed by atoms with Crippen LogP contribution in [0.25, 0.3) is 10.2 Å². The highest BCUT2D eigenvalue weighted by molar-refractivity contribution is 7.98. The van der Waals surface area contributed by atoms with E-state index in [1.54, 1.807) is 23.9 Å². The fraction of sp³-hybridized carbons (Fsp3) is 0.333. The van der Waals surface area contributed by atoms with Crippen LogP contribution in [-0.2, 0) is 23.4 Å². The molecule has 0 N–H and O–H groups in total. The van der Waals surface area contributed by atoms with E-state index < -0.39 is 0 Å². The number of fused-ring (bicyclic) bond motifs is 3. The third-order valence-corrected chi connectivity index (χ3v) is 6.47. The molecule has 2 aromatic heterocycles. The van der Waals surface area contributed by atoms with Crippen molar-refractivity contribution in [3.63, 3.8) is 0 Å². The van der Waals surface area contributed by atoms with Gasteiger partial charge in [-0.2, -0.15) is 0 Å². The Morgan fingerprint density at radius 3 is 2.83 bits per heavy atom. The van der Waals surface area contributed by atoms with Gasteiger partial charge in [-0.05, 0) is 37.0 Å². The van der Waals surface area contributed by atoms with Crippen molar-refractivity contribution in [2.75, 3.05) is 19.2 Å². The van der Waals surface area contributed by atoms with Crippen molar-refractivity contribution >= 4 is 39.1 Å². The molecule has 0 radical (unpaired) electrons. The number of anilines is 1. The van der Waals surface area contributed by atoms with E-state index >= 15 is 0 Å². The first-order valence-corrected chi connectivity index (χ1v) is 9.83. The zero-order chi connectivity index (χ0) is 16.5. The van der Waals surface area contributed by atoms with Gasteiger partial charge in [0.2, 0.25) is 0 Å². The van der Waals surface area contributed by atoms with E-state index in [9.17, 15) is 0 Å². The summed E-state index contributed by atoms with van der Waals surface area (Å²) < 4.78 is 0. The summed E-state index contributed by atoms with van der Waals surface area (Å²) in [5.74, 6) is 2.51. The van der Waals surface area contributed by atoms with Gasteiger partial charge in [-0.3, -0.25) is 4.84 Å². The highest BCUT2D eigenvalue weighted by Gasteiger charge is 2.24. The molecule has 124 valence electrons. The summed E-state index contributed by atoms with van der Waals surface area (Å²) in [4.78, 5) is 18.9. The second-order valence-electron chi connectivity index (χ2n) is 5.78. The molecule has 4 nitrogen and oxygen atoms in total. The third-order valence-electron chi connectivity index (χ3n) is 4.28. The standard InChI is InChI=1S/C18H19N3OS2/c1-21(22-2)17-16-13-9-6-10-14(13)24-18(16)20-15(19-17)11-23-12-7-4-3-5-8-12/h3-5,7-8H,6,9-11H2,1-2H3. The first kappa shape index (κ1) is 15.9. The summed E-state index contributed by atoms with van der Waals surface area (Å²) in [6.07, 6.45) is 3.53. The molecule has 0 saturated carbocycles. The fourth-order valence-electron chi connectivity index (χ4n) is 3.06. The summed E-state index contributed by atoms with van der Waals surface area (Å²) in [6.45, 7) is 0. The predicted octanol–water partition coefficient (Wildman–Crippen LogP) is 4.47. The van der Waals surface area contributed by atoms with Crippen LogP contribution in [0.2, 0.25) is 0 Å². The molecule has 0 amide bonds. The van der Waals surface area contributed by atoms with Crippen LogP contribution >= 0.6 is 23.1 Å². The Balaban J connectivity index is 1.72. The largest absolute Gasteiger partial charge is 0.276 e.